The van der Waals surface area contributed by atoms with Crippen molar-refractivity contribution in [2.24, 2.45) is 0 Å². The average Bonchev–Trinajstić information content (AvgIpc) is 2.72. The van der Waals surface area contributed by atoms with Crippen molar-refractivity contribution in [3.05, 3.63) is 59.9 Å². The van der Waals surface area contributed by atoms with Gasteiger partial charge in [0.2, 0.25) is 0 Å². The lowest BCUT2D eigenvalue weighted by Crippen LogP contribution is -2.38. The molecule has 1 aromatic carbocycles. The number of aryl methyl sites for hydroxylation is 1. The zero-order chi connectivity index (χ0) is 19.1. The Morgan fingerprint density at radius 2 is 1.81 bits per heavy atom. The van der Waals surface area contributed by atoms with Crippen LogP contribution in [0.4, 0.5) is 0 Å². The Kier molecular flexibility index (Phi) is 6.79. The average molecular weight is 370 g/mol. The van der Waals surface area contributed by atoms with Gasteiger partial charge >= 0.3 is 0 Å². The maximum Gasteiger partial charge on any atom is 0.253 e. The number of carbonyl (C=O) groups is 1. The summed E-state index contributed by atoms with van der Waals surface area (Å²) >= 11 is 0. The zero-order valence-electron chi connectivity index (χ0n) is 15.3. The van der Waals surface area contributed by atoms with Gasteiger partial charge < -0.3 is 19.8 Å². The summed E-state index contributed by atoms with van der Waals surface area (Å²) in [7, 11) is 0. The number of nitrogens with zero attached hydrogens (tertiary/aromatic N) is 2. The first kappa shape index (κ1) is 19.3. The number of rotatable bonds is 1. The fraction of sp³-hybridized carbons (Fsp3) is 0.429. The van der Waals surface area contributed by atoms with Gasteiger partial charge in [0.15, 0.2) is 0 Å². The van der Waals surface area contributed by atoms with Crippen LogP contribution in [-0.4, -0.2) is 57.9 Å². The maximum atomic E-state index is 12.8. The maximum absolute atomic E-state index is 12.8. The summed E-state index contributed by atoms with van der Waals surface area (Å²) in [5.41, 5.74) is 1.66. The minimum Gasteiger partial charge on any atom is -0.491 e. The first-order valence-corrected chi connectivity index (χ1v) is 9.41. The van der Waals surface area contributed by atoms with E-state index in [1.807, 2.05) is 24.3 Å². The molecule has 6 heteroatoms. The van der Waals surface area contributed by atoms with E-state index in [1.54, 1.807) is 29.4 Å². The molecular weight excluding hydrogens is 344 g/mol. The number of ether oxygens (including phenoxy) is 1. The molecule has 2 heterocycles. The molecule has 0 spiro atoms. The van der Waals surface area contributed by atoms with E-state index in [-0.39, 0.29) is 12.5 Å². The van der Waals surface area contributed by atoms with Crippen LogP contribution in [0.5, 0.6) is 5.75 Å². The number of hydrogen-bond donors (Lipinski definition) is 2. The number of hydrogen-bond acceptors (Lipinski definition) is 5. The van der Waals surface area contributed by atoms with Crippen LogP contribution in [0.1, 0.15) is 35.2 Å². The summed E-state index contributed by atoms with van der Waals surface area (Å²) in [4.78, 5) is 18.5. The van der Waals surface area contributed by atoms with Crippen LogP contribution >= 0.6 is 0 Å². The molecule has 0 fully saturated rings. The minimum absolute atomic E-state index is 0.0243. The van der Waals surface area contributed by atoms with E-state index in [4.69, 9.17) is 4.74 Å². The predicted molar refractivity (Wildman–Crippen MR) is 102 cm³/mol. The largest absolute Gasteiger partial charge is 0.491 e. The summed E-state index contributed by atoms with van der Waals surface area (Å²) in [6.07, 6.45) is 4.15. The highest BCUT2D eigenvalue weighted by Crippen LogP contribution is 2.21. The minimum atomic E-state index is -1.00. The van der Waals surface area contributed by atoms with E-state index in [0.717, 1.165) is 30.6 Å². The van der Waals surface area contributed by atoms with Crippen LogP contribution in [0.25, 0.3) is 0 Å². The molecule has 6 nitrogen and oxygen atoms in total. The lowest BCUT2D eigenvalue weighted by Gasteiger charge is -2.25. The van der Waals surface area contributed by atoms with Gasteiger partial charge in [0.05, 0.1) is 6.10 Å². The highest BCUT2D eigenvalue weighted by atomic mass is 16.5. The molecule has 0 aliphatic carbocycles. The normalized spacial score (nSPS) is 21.8. The quantitative estimate of drug-likeness (QED) is 0.803. The van der Waals surface area contributed by atoms with Crippen molar-refractivity contribution in [3.63, 3.8) is 0 Å². The van der Waals surface area contributed by atoms with Crippen molar-refractivity contribution in [1.29, 1.82) is 0 Å². The van der Waals surface area contributed by atoms with Crippen LogP contribution in [0, 0.1) is 0 Å². The van der Waals surface area contributed by atoms with Gasteiger partial charge in [-0.2, -0.15) is 0 Å². The lowest BCUT2D eigenvalue weighted by molar-refractivity contribution is -0.0150. The van der Waals surface area contributed by atoms with Gasteiger partial charge in [-0.1, -0.05) is 18.2 Å². The molecule has 144 valence electrons. The third-order valence-corrected chi connectivity index (χ3v) is 4.86. The van der Waals surface area contributed by atoms with Crippen LogP contribution in [0.2, 0.25) is 0 Å². The third-order valence-electron chi connectivity index (χ3n) is 4.86. The fourth-order valence-corrected chi connectivity index (χ4v) is 3.23. The zero-order valence-corrected chi connectivity index (χ0v) is 15.3. The molecule has 0 saturated heterocycles. The molecule has 1 aromatic heterocycles. The molecule has 27 heavy (non-hydrogen) atoms. The van der Waals surface area contributed by atoms with Gasteiger partial charge in [0.25, 0.3) is 5.91 Å². The van der Waals surface area contributed by atoms with Crippen molar-refractivity contribution in [2.45, 2.75) is 37.9 Å². The molecule has 2 aromatic rings. The summed E-state index contributed by atoms with van der Waals surface area (Å²) in [6.45, 7) is 1.01. The number of aliphatic hydroxyl groups is 2. The molecule has 0 radical (unpaired) electrons. The summed E-state index contributed by atoms with van der Waals surface area (Å²) < 4.78 is 5.73. The molecule has 3 rings (SSSR count). The van der Waals surface area contributed by atoms with Crippen molar-refractivity contribution in [1.82, 2.24) is 9.88 Å². The number of aliphatic hydroxyl groups excluding tert-OH is 2. The number of amides is 1. The van der Waals surface area contributed by atoms with Gasteiger partial charge in [0, 0.05) is 31.0 Å². The summed E-state index contributed by atoms with van der Waals surface area (Å²) in [5.74, 6) is 0.665. The molecular formula is C21H26N2O4. The molecule has 1 amide bonds. The molecule has 0 saturated carbocycles. The molecule has 1 aliphatic rings. The highest BCUT2D eigenvalue weighted by Gasteiger charge is 2.22. The first-order valence-electron chi connectivity index (χ1n) is 9.41. The summed E-state index contributed by atoms with van der Waals surface area (Å²) in [6, 6.07) is 11.1. The Labute approximate surface area is 159 Å². The number of aromatic nitrogens is 1. The van der Waals surface area contributed by atoms with Crippen molar-refractivity contribution in [3.8, 4) is 5.75 Å². The monoisotopic (exact) mass is 370 g/mol. The van der Waals surface area contributed by atoms with Crippen molar-refractivity contribution in [2.75, 3.05) is 19.7 Å². The van der Waals surface area contributed by atoms with Crippen LogP contribution in [-0.2, 0) is 6.42 Å². The van der Waals surface area contributed by atoms with E-state index < -0.39 is 12.2 Å². The van der Waals surface area contributed by atoms with Crippen molar-refractivity contribution < 1.29 is 19.7 Å². The second-order valence-corrected chi connectivity index (χ2v) is 6.83. The van der Waals surface area contributed by atoms with Crippen molar-refractivity contribution >= 4 is 5.91 Å². The van der Waals surface area contributed by atoms with Crippen LogP contribution < -0.4 is 4.74 Å². The van der Waals surface area contributed by atoms with Gasteiger partial charge in [-0.15, -0.1) is 0 Å². The molecule has 0 bridgehead atoms. The Bertz CT molecular complexity index is 738. The Balaban J connectivity index is 1.74. The fourth-order valence-electron chi connectivity index (χ4n) is 3.23. The van der Waals surface area contributed by atoms with E-state index in [9.17, 15) is 15.0 Å². The highest BCUT2D eigenvalue weighted by molar-refractivity contribution is 5.94. The van der Waals surface area contributed by atoms with Gasteiger partial charge in [-0.25, -0.2) is 0 Å². The number of pyridine rings is 1. The smallest absolute Gasteiger partial charge is 0.253 e. The Hall–Kier alpha value is -2.44. The van der Waals surface area contributed by atoms with Gasteiger partial charge in [-0.05, 0) is 49.4 Å². The standard InChI is InChI=1S/C21H26N2O4/c24-18-10-14-23(21(26)17-8-11-22-12-9-17)13-4-3-6-16-5-1-2-7-20(16)27-15-19(18)25/h1-2,5,7-9,11-12,18-19,24-25H,3-4,6,10,13-15H2/t18-,19+/m0/s1. The number of benzene rings is 1. The Morgan fingerprint density at radius 1 is 1.04 bits per heavy atom. The molecule has 2 N–H and O–H groups in total. The number of para-hydroxylation sites is 1. The SMILES string of the molecule is O=C(c1ccncc1)N1CCCCc2ccccc2OC[C@@H](O)[C@@H](O)CC1. The van der Waals surface area contributed by atoms with E-state index >= 15 is 0 Å². The van der Waals surface area contributed by atoms with E-state index in [0.29, 0.717) is 25.1 Å². The third kappa shape index (κ3) is 5.28. The second kappa shape index (κ2) is 9.48. The van der Waals surface area contributed by atoms with E-state index in [2.05, 4.69) is 4.98 Å². The van der Waals surface area contributed by atoms with Crippen LogP contribution in [0.15, 0.2) is 48.8 Å². The second-order valence-electron chi connectivity index (χ2n) is 6.83. The molecule has 2 atom stereocenters. The number of carbonyl (C=O) groups excluding carboxylic acids is 1. The van der Waals surface area contributed by atoms with Gasteiger partial charge in [-0.3, -0.25) is 9.78 Å². The molecule has 1 aliphatic heterocycles. The lowest BCUT2D eigenvalue weighted by atomic mass is 10.1. The van der Waals surface area contributed by atoms with Crippen LogP contribution in [0.3, 0.4) is 0 Å². The first-order chi connectivity index (χ1) is 13.1. The van der Waals surface area contributed by atoms with Gasteiger partial charge in [0.1, 0.15) is 18.5 Å². The van der Waals surface area contributed by atoms with E-state index in [1.165, 1.54) is 0 Å². The molecule has 0 unspecified atom stereocenters. The topological polar surface area (TPSA) is 82.9 Å². The number of fused-ring (bicyclic) bond motifs is 1. The summed E-state index contributed by atoms with van der Waals surface area (Å²) in [5, 5.41) is 20.5. The predicted octanol–water partition coefficient (Wildman–Crippen LogP) is 2.05. The Morgan fingerprint density at radius 3 is 2.63 bits per heavy atom.